The zero-order chi connectivity index (χ0) is 18.5. The van der Waals surface area contributed by atoms with Gasteiger partial charge in [-0.25, -0.2) is 4.79 Å². The van der Waals surface area contributed by atoms with Crippen LogP contribution in [-0.4, -0.2) is 17.5 Å². The van der Waals surface area contributed by atoms with Gasteiger partial charge >= 0.3 is 5.97 Å². The first-order valence-corrected chi connectivity index (χ1v) is 8.14. The summed E-state index contributed by atoms with van der Waals surface area (Å²) in [5.74, 6) is -0.0598. The fourth-order valence-electron chi connectivity index (χ4n) is 2.61. The molecule has 0 atom stereocenters. The van der Waals surface area contributed by atoms with Crippen LogP contribution >= 0.6 is 0 Å². The molecule has 0 amide bonds. The van der Waals surface area contributed by atoms with Crippen LogP contribution in [0.4, 0.5) is 5.69 Å². The van der Waals surface area contributed by atoms with Crippen molar-refractivity contribution in [2.24, 2.45) is 0 Å². The molecule has 0 aliphatic rings. The Morgan fingerprint density at radius 3 is 2.54 bits per heavy atom. The molecule has 3 rings (SSSR count). The maximum absolute atomic E-state index is 12.1. The number of rotatable bonds is 6. The molecule has 6 nitrogen and oxygen atoms in total. The lowest BCUT2D eigenvalue weighted by Gasteiger charge is -2.12. The first kappa shape index (κ1) is 17.4. The fraction of sp³-hybridized carbons (Fsp3) is 0.150. The van der Waals surface area contributed by atoms with Crippen LogP contribution in [0.1, 0.15) is 22.8 Å². The molecular formula is C20H17NO5. The van der Waals surface area contributed by atoms with Gasteiger partial charge in [0.15, 0.2) is 0 Å². The van der Waals surface area contributed by atoms with Gasteiger partial charge in [0, 0.05) is 17.5 Å². The van der Waals surface area contributed by atoms with Gasteiger partial charge in [-0.15, -0.1) is 0 Å². The number of carbonyl (C=O) groups excluding carboxylic acids is 1. The van der Waals surface area contributed by atoms with Gasteiger partial charge in [-0.1, -0.05) is 30.3 Å². The summed E-state index contributed by atoms with van der Waals surface area (Å²) in [6.45, 7) is 2.28. The third-order valence-electron chi connectivity index (χ3n) is 3.86. The Labute approximate surface area is 150 Å². The molecule has 0 saturated heterocycles. The predicted octanol–water partition coefficient (Wildman–Crippen LogP) is 4.50. The first-order valence-electron chi connectivity index (χ1n) is 8.14. The molecule has 6 heteroatoms. The van der Waals surface area contributed by atoms with E-state index in [0.29, 0.717) is 22.1 Å². The molecule has 132 valence electrons. The minimum Gasteiger partial charge on any atom is -0.488 e. The molecular weight excluding hydrogens is 334 g/mol. The molecule has 0 aliphatic heterocycles. The van der Waals surface area contributed by atoms with Crippen LogP contribution in [0.5, 0.6) is 5.75 Å². The van der Waals surface area contributed by atoms with E-state index in [9.17, 15) is 14.9 Å². The van der Waals surface area contributed by atoms with Crippen molar-refractivity contribution >= 4 is 22.4 Å². The predicted molar refractivity (Wildman–Crippen MR) is 97.3 cm³/mol. The van der Waals surface area contributed by atoms with Crippen molar-refractivity contribution < 1.29 is 19.2 Å². The molecule has 3 aromatic carbocycles. The fourth-order valence-corrected chi connectivity index (χ4v) is 2.61. The van der Waals surface area contributed by atoms with Gasteiger partial charge in [-0.05, 0) is 36.1 Å². The highest BCUT2D eigenvalue weighted by atomic mass is 16.6. The lowest BCUT2D eigenvalue weighted by Crippen LogP contribution is -2.05. The Morgan fingerprint density at radius 2 is 1.85 bits per heavy atom. The number of nitro benzene ring substituents is 1. The van der Waals surface area contributed by atoms with Gasteiger partial charge in [-0.2, -0.15) is 0 Å². The number of hydrogen-bond acceptors (Lipinski definition) is 5. The minimum atomic E-state index is -0.461. The van der Waals surface area contributed by atoms with Crippen LogP contribution in [0.3, 0.4) is 0 Å². The Balaban J connectivity index is 2.04. The SMILES string of the molecule is CCOC(=O)c1cc(OCc2ccccc2)c2cc([N+](=O)[O-])ccc2c1. The van der Waals surface area contributed by atoms with Crippen molar-refractivity contribution in [3.05, 3.63) is 81.9 Å². The second-order valence-corrected chi connectivity index (χ2v) is 5.63. The van der Waals surface area contributed by atoms with E-state index in [1.165, 1.54) is 12.1 Å². The molecule has 0 unspecified atom stereocenters. The lowest BCUT2D eigenvalue weighted by molar-refractivity contribution is -0.384. The highest BCUT2D eigenvalue weighted by molar-refractivity contribution is 5.99. The highest BCUT2D eigenvalue weighted by Crippen LogP contribution is 2.32. The van der Waals surface area contributed by atoms with Crippen molar-refractivity contribution in [3.8, 4) is 5.75 Å². The number of carbonyl (C=O) groups is 1. The summed E-state index contributed by atoms with van der Waals surface area (Å²) in [6, 6.07) is 17.2. The van der Waals surface area contributed by atoms with Gasteiger partial charge in [0.2, 0.25) is 0 Å². The standard InChI is InChI=1S/C20H17NO5/c1-2-25-20(22)16-10-15-8-9-17(21(23)24)12-18(15)19(11-16)26-13-14-6-4-3-5-7-14/h3-12H,2,13H2,1H3. The van der Waals surface area contributed by atoms with Gasteiger partial charge in [0.1, 0.15) is 12.4 Å². The number of nitro groups is 1. The normalized spacial score (nSPS) is 10.5. The average molecular weight is 351 g/mol. The highest BCUT2D eigenvalue weighted by Gasteiger charge is 2.15. The summed E-state index contributed by atoms with van der Waals surface area (Å²) < 4.78 is 10.9. The second-order valence-electron chi connectivity index (χ2n) is 5.63. The maximum atomic E-state index is 12.1. The van der Waals surface area contributed by atoms with Gasteiger partial charge in [0.05, 0.1) is 17.1 Å². The van der Waals surface area contributed by atoms with Crippen molar-refractivity contribution in [2.45, 2.75) is 13.5 Å². The van der Waals surface area contributed by atoms with Crippen molar-refractivity contribution in [1.29, 1.82) is 0 Å². The number of non-ortho nitro benzene ring substituents is 1. The van der Waals surface area contributed by atoms with E-state index in [0.717, 1.165) is 5.56 Å². The molecule has 0 heterocycles. The van der Waals surface area contributed by atoms with E-state index in [1.807, 2.05) is 30.3 Å². The molecule has 0 N–H and O–H groups in total. The first-order chi connectivity index (χ1) is 12.6. The van der Waals surface area contributed by atoms with Gasteiger partial charge in [-0.3, -0.25) is 10.1 Å². The third kappa shape index (κ3) is 3.80. The van der Waals surface area contributed by atoms with Gasteiger partial charge < -0.3 is 9.47 Å². The van der Waals surface area contributed by atoms with Crippen LogP contribution in [-0.2, 0) is 11.3 Å². The summed E-state index contributed by atoms with van der Waals surface area (Å²) in [5.41, 5.74) is 1.26. The molecule has 0 saturated carbocycles. The zero-order valence-corrected chi connectivity index (χ0v) is 14.2. The van der Waals surface area contributed by atoms with Crippen molar-refractivity contribution in [1.82, 2.24) is 0 Å². The van der Waals surface area contributed by atoms with Gasteiger partial charge in [0.25, 0.3) is 5.69 Å². The number of esters is 1. The topological polar surface area (TPSA) is 78.7 Å². The van der Waals surface area contributed by atoms with Crippen LogP contribution in [0.15, 0.2) is 60.7 Å². The molecule has 0 bridgehead atoms. The van der Waals surface area contributed by atoms with E-state index in [2.05, 4.69) is 0 Å². The molecule has 0 aliphatic carbocycles. The van der Waals surface area contributed by atoms with Crippen molar-refractivity contribution in [2.75, 3.05) is 6.61 Å². The van der Waals surface area contributed by atoms with Crippen molar-refractivity contribution in [3.63, 3.8) is 0 Å². The van der Waals surface area contributed by atoms with E-state index in [4.69, 9.17) is 9.47 Å². The number of benzene rings is 3. The molecule has 26 heavy (non-hydrogen) atoms. The summed E-state index contributed by atoms with van der Waals surface area (Å²) in [5, 5.41) is 12.3. The Hall–Kier alpha value is -3.41. The molecule has 0 radical (unpaired) electrons. The smallest absolute Gasteiger partial charge is 0.338 e. The zero-order valence-electron chi connectivity index (χ0n) is 14.2. The Kier molecular flexibility index (Phi) is 5.12. The molecule has 0 aromatic heterocycles. The van der Waals surface area contributed by atoms with Crippen LogP contribution < -0.4 is 4.74 Å². The quantitative estimate of drug-likeness (QED) is 0.371. The Morgan fingerprint density at radius 1 is 1.08 bits per heavy atom. The van der Waals surface area contributed by atoms with Crippen LogP contribution in [0.2, 0.25) is 0 Å². The number of nitrogens with zero attached hydrogens (tertiary/aromatic N) is 1. The average Bonchev–Trinajstić information content (AvgIpc) is 2.66. The van der Waals surface area contributed by atoms with Crippen LogP contribution in [0.25, 0.3) is 10.8 Å². The monoisotopic (exact) mass is 351 g/mol. The van der Waals surface area contributed by atoms with E-state index >= 15 is 0 Å². The van der Waals surface area contributed by atoms with E-state index < -0.39 is 10.9 Å². The summed E-state index contributed by atoms with van der Waals surface area (Å²) in [6.07, 6.45) is 0. The summed E-state index contributed by atoms with van der Waals surface area (Å²) in [4.78, 5) is 22.7. The maximum Gasteiger partial charge on any atom is 0.338 e. The second kappa shape index (κ2) is 7.65. The van der Waals surface area contributed by atoms with E-state index in [1.54, 1.807) is 25.1 Å². The largest absolute Gasteiger partial charge is 0.488 e. The summed E-state index contributed by atoms with van der Waals surface area (Å²) >= 11 is 0. The summed E-state index contributed by atoms with van der Waals surface area (Å²) in [7, 11) is 0. The Bertz CT molecular complexity index is 953. The number of fused-ring (bicyclic) bond motifs is 1. The molecule has 0 spiro atoms. The lowest BCUT2D eigenvalue weighted by atomic mass is 10.0. The van der Waals surface area contributed by atoms with E-state index in [-0.39, 0.29) is 18.9 Å². The van der Waals surface area contributed by atoms with Crippen LogP contribution in [0, 0.1) is 10.1 Å². The third-order valence-corrected chi connectivity index (χ3v) is 3.86. The number of ether oxygens (including phenoxy) is 2. The number of hydrogen-bond donors (Lipinski definition) is 0. The minimum absolute atomic E-state index is 0.0362. The molecule has 0 fully saturated rings. The molecule has 3 aromatic rings.